The lowest BCUT2D eigenvalue weighted by Gasteiger charge is -2.20. The van der Waals surface area contributed by atoms with E-state index in [0.717, 1.165) is 0 Å². The molecule has 30 heavy (non-hydrogen) atoms. The second-order valence-electron chi connectivity index (χ2n) is 6.23. The van der Waals surface area contributed by atoms with Gasteiger partial charge in [-0.2, -0.15) is 18.4 Å². The predicted octanol–water partition coefficient (Wildman–Crippen LogP) is 0.496. The van der Waals surface area contributed by atoms with E-state index in [2.05, 4.69) is 14.7 Å². The minimum absolute atomic E-state index is 0.0307. The van der Waals surface area contributed by atoms with Crippen molar-refractivity contribution < 1.29 is 27.5 Å². The van der Waals surface area contributed by atoms with E-state index in [0.29, 0.717) is 5.56 Å². The van der Waals surface area contributed by atoms with Gasteiger partial charge in [-0.3, -0.25) is 9.52 Å². The van der Waals surface area contributed by atoms with Gasteiger partial charge >= 0.3 is 16.2 Å². The van der Waals surface area contributed by atoms with Crippen molar-refractivity contribution in [2.75, 3.05) is 33.0 Å². The molecule has 0 fully saturated rings. The summed E-state index contributed by atoms with van der Waals surface area (Å²) >= 11 is 0. The summed E-state index contributed by atoms with van der Waals surface area (Å²) in [5, 5.41) is 0. The molecule has 0 spiro atoms. The van der Waals surface area contributed by atoms with Gasteiger partial charge in [-0.05, 0) is 18.6 Å². The lowest BCUT2D eigenvalue weighted by molar-refractivity contribution is 0.0827. The Morgan fingerprint density at radius 1 is 1.10 bits per heavy atom. The number of carbonyl (C=O) groups is 2. The van der Waals surface area contributed by atoms with Crippen molar-refractivity contribution in [2.24, 2.45) is 5.73 Å². The first-order valence-corrected chi connectivity index (χ1v) is 9.90. The fourth-order valence-electron chi connectivity index (χ4n) is 2.55. The number of urea groups is 1. The molecular weight excluding hydrogens is 416 g/mol. The maximum Gasteiger partial charge on any atom is 0.327 e. The monoisotopic (exact) mass is 438 g/mol. The summed E-state index contributed by atoms with van der Waals surface area (Å²) in [6, 6.07) is 3.09. The topological polar surface area (TPSA) is 166 Å². The van der Waals surface area contributed by atoms with Gasteiger partial charge in [0.25, 0.3) is 5.91 Å². The maximum atomic E-state index is 12.9. The number of nitrogens with two attached hydrogens (primary N) is 1. The van der Waals surface area contributed by atoms with Crippen molar-refractivity contribution in [3.63, 3.8) is 0 Å². The summed E-state index contributed by atoms with van der Waals surface area (Å²) in [6.45, 7) is 1.68. The van der Waals surface area contributed by atoms with Crippen molar-refractivity contribution in [3.8, 4) is 23.1 Å². The Hall–Kier alpha value is -3.61. The highest BCUT2D eigenvalue weighted by atomic mass is 32.2. The average molecular weight is 438 g/mol. The first kappa shape index (κ1) is 22.7. The van der Waals surface area contributed by atoms with E-state index < -0.39 is 22.1 Å². The number of anilines is 1. The number of primary amides is 1. The van der Waals surface area contributed by atoms with Crippen LogP contribution < -0.4 is 24.7 Å². The Kier molecular flexibility index (Phi) is 6.66. The van der Waals surface area contributed by atoms with Crippen LogP contribution in [0.5, 0.6) is 11.8 Å². The minimum atomic E-state index is -4.39. The molecule has 12 nitrogen and oxygen atoms in total. The molecule has 162 valence electrons. The first-order valence-electron chi connectivity index (χ1n) is 8.41. The number of ether oxygens (including phenoxy) is 2. The van der Waals surface area contributed by atoms with E-state index in [4.69, 9.17) is 15.2 Å². The van der Waals surface area contributed by atoms with Gasteiger partial charge in [-0.1, -0.05) is 6.07 Å². The predicted molar refractivity (Wildman–Crippen MR) is 109 cm³/mol. The van der Waals surface area contributed by atoms with E-state index >= 15 is 0 Å². The van der Waals surface area contributed by atoms with Gasteiger partial charge < -0.3 is 20.1 Å². The van der Waals surface area contributed by atoms with Gasteiger partial charge in [0.05, 0.1) is 37.1 Å². The van der Waals surface area contributed by atoms with Crippen LogP contribution in [0, 0.1) is 6.92 Å². The first-order chi connectivity index (χ1) is 14.0. The summed E-state index contributed by atoms with van der Waals surface area (Å²) in [5.41, 5.74) is 5.61. The van der Waals surface area contributed by atoms with Crippen LogP contribution in [0.4, 0.5) is 10.5 Å². The number of nitrogens with one attached hydrogen (secondary N) is 2. The molecule has 0 radical (unpaired) electrons. The third-order valence-corrected chi connectivity index (χ3v) is 4.79. The zero-order valence-corrected chi connectivity index (χ0v) is 17.8. The quantitative estimate of drug-likeness (QED) is 0.562. The molecule has 0 saturated carbocycles. The molecule has 2 aromatic rings. The molecular formula is C17H22N6O6S. The third-order valence-electron chi connectivity index (χ3n) is 3.83. The molecule has 0 aliphatic carbocycles. The molecule has 0 aliphatic rings. The van der Waals surface area contributed by atoms with Crippen LogP contribution in [-0.4, -0.2) is 63.5 Å². The summed E-state index contributed by atoms with van der Waals surface area (Å²) in [7, 11) is 1.47. The molecule has 0 unspecified atom stereocenters. The number of rotatable bonds is 7. The van der Waals surface area contributed by atoms with Crippen molar-refractivity contribution >= 4 is 27.8 Å². The fraction of sp³-hybridized carbons (Fsp3) is 0.294. The van der Waals surface area contributed by atoms with Gasteiger partial charge in [-0.15, -0.1) is 0 Å². The lowest BCUT2D eigenvalue weighted by atomic mass is 9.98. The molecule has 2 rings (SSSR count). The Balaban J connectivity index is 2.84. The van der Waals surface area contributed by atoms with Crippen molar-refractivity contribution in [1.29, 1.82) is 0 Å². The summed E-state index contributed by atoms with van der Waals surface area (Å²) in [4.78, 5) is 33.7. The maximum absolute atomic E-state index is 12.9. The Labute approximate surface area is 173 Å². The molecule has 0 bridgehead atoms. The summed E-state index contributed by atoms with van der Waals surface area (Å²) < 4.78 is 38.5. The number of aryl methyl sites for hydroxylation is 1. The van der Waals surface area contributed by atoms with Crippen molar-refractivity contribution in [1.82, 2.24) is 19.6 Å². The molecule has 13 heteroatoms. The molecule has 1 aromatic heterocycles. The van der Waals surface area contributed by atoms with E-state index in [1.54, 1.807) is 31.8 Å². The number of benzene rings is 1. The van der Waals surface area contributed by atoms with Crippen LogP contribution in [-0.2, 0) is 10.2 Å². The largest absolute Gasteiger partial charge is 0.481 e. The van der Waals surface area contributed by atoms with Crippen molar-refractivity contribution in [3.05, 3.63) is 29.3 Å². The van der Waals surface area contributed by atoms with Crippen molar-refractivity contribution in [2.45, 2.75) is 6.92 Å². The second-order valence-corrected chi connectivity index (χ2v) is 7.64. The van der Waals surface area contributed by atoms with E-state index in [-0.39, 0.29) is 34.4 Å². The number of amides is 3. The number of methoxy groups -OCH3 is 2. The van der Waals surface area contributed by atoms with E-state index in [9.17, 15) is 18.0 Å². The molecule has 0 atom stereocenters. The lowest BCUT2D eigenvalue weighted by Crippen LogP contribution is -2.39. The van der Waals surface area contributed by atoms with Crippen LogP contribution in [0.15, 0.2) is 18.2 Å². The highest BCUT2D eigenvalue weighted by Crippen LogP contribution is 2.35. The zero-order valence-electron chi connectivity index (χ0n) is 17.0. The van der Waals surface area contributed by atoms with Gasteiger partial charge in [0.15, 0.2) is 5.82 Å². The minimum Gasteiger partial charge on any atom is -0.481 e. The standard InChI is InChI=1S/C17H22N6O6S/c1-9-6-7-10(21-30(26,27)22-17(18)25)14(13(9)16(24)23(2)3)15-19-11(28-4)8-12(20-15)29-5/h6-8,21H,1-5H3,(H3,18,22,25). The number of hydrogen-bond acceptors (Lipinski definition) is 8. The molecule has 0 saturated heterocycles. The zero-order chi connectivity index (χ0) is 22.6. The van der Waals surface area contributed by atoms with Gasteiger partial charge in [0.2, 0.25) is 11.8 Å². The summed E-state index contributed by atoms with van der Waals surface area (Å²) in [6.07, 6.45) is 0. The van der Waals surface area contributed by atoms with Gasteiger partial charge in [0.1, 0.15) is 0 Å². The SMILES string of the molecule is COc1cc(OC)nc(-c2c(NS(=O)(=O)NC(N)=O)ccc(C)c2C(=O)N(C)C)n1. The van der Waals surface area contributed by atoms with Crippen LogP contribution in [0.2, 0.25) is 0 Å². The molecule has 1 aromatic carbocycles. The van der Waals surface area contributed by atoms with E-state index in [1.165, 1.54) is 31.3 Å². The molecule has 1 heterocycles. The second kappa shape index (κ2) is 8.82. The smallest absolute Gasteiger partial charge is 0.327 e. The average Bonchev–Trinajstić information content (AvgIpc) is 2.66. The Morgan fingerprint density at radius 3 is 2.13 bits per heavy atom. The normalized spacial score (nSPS) is 10.8. The van der Waals surface area contributed by atoms with E-state index in [1.807, 2.05) is 0 Å². The van der Waals surface area contributed by atoms with Gasteiger partial charge in [0, 0.05) is 14.1 Å². The number of nitrogens with zero attached hydrogens (tertiary/aromatic N) is 3. The number of hydrogen-bond donors (Lipinski definition) is 3. The van der Waals surface area contributed by atoms with Gasteiger partial charge in [-0.25, -0.2) is 9.52 Å². The van der Waals surface area contributed by atoms with Crippen LogP contribution in [0.3, 0.4) is 0 Å². The Morgan fingerprint density at radius 2 is 1.67 bits per heavy atom. The van der Waals surface area contributed by atoms with Crippen LogP contribution in [0.1, 0.15) is 15.9 Å². The fourth-order valence-corrected chi connectivity index (χ4v) is 3.33. The third kappa shape index (κ3) is 5.05. The molecule has 4 N–H and O–H groups in total. The highest BCUT2D eigenvalue weighted by Gasteiger charge is 2.26. The molecule has 3 amide bonds. The highest BCUT2D eigenvalue weighted by molar-refractivity contribution is 7.91. The number of carbonyl (C=O) groups excluding carboxylic acids is 2. The van der Waals surface area contributed by atoms with Crippen LogP contribution >= 0.6 is 0 Å². The van der Waals surface area contributed by atoms with Crippen LogP contribution in [0.25, 0.3) is 11.4 Å². The summed E-state index contributed by atoms with van der Waals surface area (Å²) in [5.74, 6) is -0.190. The molecule has 0 aliphatic heterocycles. The Bertz CT molecular complexity index is 1060. The number of aromatic nitrogens is 2.